The van der Waals surface area contributed by atoms with Gasteiger partial charge in [0.15, 0.2) is 5.03 Å². The summed E-state index contributed by atoms with van der Waals surface area (Å²) in [6.07, 6.45) is 2.38. The van der Waals surface area contributed by atoms with Gasteiger partial charge < -0.3 is 9.30 Å². The molecule has 2 aromatic rings. The molecule has 2 rings (SSSR count). The Balaban J connectivity index is 2.12. The molecule has 0 spiro atoms. The molecule has 0 saturated heterocycles. The Morgan fingerprint density at radius 3 is 2.71 bits per heavy atom. The number of hydrogen-bond acceptors (Lipinski definition) is 4. The van der Waals surface area contributed by atoms with Crippen molar-refractivity contribution in [1.29, 1.82) is 0 Å². The van der Waals surface area contributed by atoms with Gasteiger partial charge in [-0.25, -0.2) is 18.1 Å². The molecule has 1 heterocycles. The Bertz CT molecular complexity index is 715. The summed E-state index contributed by atoms with van der Waals surface area (Å²) in [7, 11) is -0.465. The monoisotopic (exact) mass is 329 g/mol. The first kappa shape index (κ1) is 16.0. The Hall–Kier alpha value is -1.41. The zero-order chi connectivity index (χ0) is 15.5. The van der Waals surface area contributed by atoms with E-state index < -0.39 is 16.1 Å². The zero-order valence-electron chi connectivity index (χ0n) is 11.7. The second-order valence-corrected chi connectivity index (χ2v) is 6.60. The third-order valence-electron chi connectivity index (χ3n) is 2.95. The minimum atomic E-state index is -3.67. The van der Waals surface area contributed by atoms with Crippen molar-refractivity contribution < 1.29 is 13.2 Å². The summed E-state index contributed by atoms with van der Waals surface area (Å²) in [5.41, 5.74) is 0.727. The molecule has 1 atom stereocenters. The number of aryl methyl sites for hydroxylation is 1. The first-order valence-corrected chi connectivity index (χ1v) is 8.05. The lowest BCUT2D eigenvalue weighted by Gasteiger charge is -2.17. The molecule has 1 aromatic heterocycles. The molecule has 0 aliphatic heterocycles. The van der Waals surface area contributed by atoms with Crippen LogP contribution in [0.5, 0.6) is 0 Å². The number of nitrogens with one attached hydrogen (secondary N) is 1. The van der Waals surface area contributed by atoms with Gasteiger partial charge in [-0.05, 0) is 6.07 Å². The Morgan fingerprint density at radius 1 is 1.43 bits per heavy atom. The van der Waals surface area contributed by atoms with Crippen molar-refractivity contribution in [3.05, 3.63) is 47.4 Å². The topological polar surface area (TPSA) is 73.2 Å². The van der Waals surface area contributed by atoms with Gasteiger partial charge in [0.05, 0.1) is 12.4 Å². The molecule has 0 fully saturated rings. The largest absolute Gasteiger partial charge is 0.375 e. The van der Waals surface area contributed by atoms with E-state index in [1.807, 2.05) is 6.07 Å². The number of methoxy groups -OCH3 is 1. The van der Waals surface area contributed by atoms with Crippen LogP contribution < -0.4 is 4.72 Å². The van der Waals surface area contributed by atoms with Crippen LogP contribution in [0.4, 0.5) is 0 Å². The molecule has 1 N–H and O–H groups in total. The average Bonchev–Trinajstić information content (AvgIpc) is 2.89. The fourth-order valence-electron chi connectivity index (χ4n) is 1.84. The normalized spacial score (nSPS) is 13.3. The molecule has 6 nitrogen and oxygen atoms in total. The van der Waals surface area contributed by atoms with E-state index in [1.165, 1.54) is 19.6 Å². The second-order valence-electron chi connectivity index (χ2n) is 4.48. The van der Waals surface area contributed by atoms with Crippen LogP contribution in [-0.4, -0.2) is 31.6 Å². The Morgan fingerprint density at radius 2 is 2.14 bits per heavy atom. The van der Waals surface area contributed by atoms with Crippen molar-refractivity contribution in [2.45, 2.75) is 11.1 Å². The average molecular weight is 330 g/mol. The van der Waals surface area contributed by atoms with Crippen molar-refractivity contribution in [3.8, 4) is 0 Å². The molecule has 0 amide bonds. The van der Waals surface area contributed by atoms with Crippen molar-refractivity contribution in [1.82, 2.24) is 14.3 Å². The van der Waals surface area contributed by atoms with E-state index in [9.17, 15) is 8.42 Å². The summed E-state index contributed by atoms with van der Waals surface area (Å²) < 4.78 is 33.6. The predicted octanol–water partition coefficient (Wildman–Crippen LogP) is 1.74. The highest BCUT2D eigenvalue weighted by atomic mass is 35.5. The van der Waals surface area contributed by atoms with E-state index >= 15 is 0 Å². The number of hydrogen-bond donors (Lipinski definition) is 1. The van der Waals surface area contributed by atoms with Gasteiger partial charge in [-0.2, -0.15) is 0 Å². The molecule has 1 unspecified atom stereocenters. The van der Waals surface area contributed by atoms with Crippen molar-refractivity contribution in [2.24, 2.45) is 7.05 Å². The van der Waals surface area contributed by atoms with E-state index in [4.69, 9.17) is 16.3 Å². The molecule has 0 bridgehead atoms. The fourth-order valence-corrected chi connectivity index (χ4v) is 3.11. The molecule has 114 valence electrons. The zero-order valence-corrected chi connectivity index (χ0v) is 13.2. The summed E-state index contributed by atoms with van der Waals surface area (Å²) in [4.78, 5) is 3.83. The smallest absolute Gasteiger partial charge is 0.259 e. The molecule has 0 aliphatic rings. The Kier molecular flexibility index (Phi) is 5.00. The quantitative estimate of drug-likeness (QED) is 0.876. The SMILES string of the molecule is COC(CNS(=O)(=O)c1cn(C)cn1)c1ccccc1Cl. The van der Waals surface area contributed by atoms with Crippen LogP contribution in [0.3, 0.4) is 0 Å². The second kappa shape index (κ2) is 6.57. The van der Waals surface area contributed by atoms with Gasteiger partial charge in [0.25, 0.3) is 10.0 Å². The molecule has 21 heavy (non-hydrogen) atoms. The number of halogens is 1. The number of imidazole rings is 1. The molecular weight excluding hydrogens is 314 g/mol. The summed E-state index contributed by atoms with van der Waals surface area (Å²) in [6, 6.07) is 7.15. The van der Waals surface area contributed by atoms with Crippen LogP contribution >= 0.6 is 11.6 Å². The molecule has 0 saturated carbocycles. The van der Waals surface area contributed by atoms with Gasteiger partial charge in [-0.1, -0.05) is 29.8 Å². The van der Waals surface area contributed by atoms with Crippen LogP contribution in [0.15, 0.2) is 41.8 Å². The summed E-state index contributed by atoms with van der Waals surface area (Å²) in [5, 5.41) is 0.500. The standard InChI is InChI=1S/C13H16ClN3O3S/c1-17-8-13(15-9-17)21(18,19)16-7-12(20-2)10-5-3-4-6-11(10)14/h3-6,8-9,12,16H,7H2,1-2H3. The first-order chi connectivity index (χ1) is 9.94. The summed E-state index contributed by atoms with van der Waals surface area (Å²) in [5.74, 6) is 0. The van der Waals surface area contributed by atoms with Crippen LogP contribution in [0.25, 0.3) is 0 Å². The van der Waals surface area contributed by atoms with Crippen molar-refractivity contribution in [3.63, 3.8) is 0 Å². The van der Waals surface area contributed by atoms with Gasteiger partial charge in [0.1, 0.15) is 0 Å². The number of sulfonamides is 1. The van der Waals surface area contributed by atoms with Crippen molar-refractivity contribution in [2.75, 3.05) is 13.7 Å². The third-order valence-corrected chi connectivity index (χ3v) is 4.60. The number of aromatic nitrogens is 2. The fraction of sp³-hybridized carbons (Fsp3) is 0.308. The van der Waals surface area contributed by atoms with Crippen LogP contribution in [0.2, 0.25) is 5.02 Å². The molecule has 0 radical (unpaired) electrons. The molecule has 1 aromatic carbocycles. The highest BCUT2D eigenvalue weighted by molar-refractivity contribution is 7.89. The first-order valence-electron chi connectivity index (χ1n) is 6.19. The van der Waals surface area contributed by atoms with E-state index in [2.05, 4.69) is 9.71 Å². The minimum absolute atomic E-state index is 0.0287. The Labute approximate surface area is 128 Å². The minimum Gasteiger partial charge on any atom is -0.375 e. The number of nitrogens with zero attached hydrogens (tertiary/aromatic N) is 2. The third kappa shape index (κ3) is 3.82. The molecular formula is C13H16ClN3O3S. The van der Waals surface area contributed by atoms with Crippen LogP contribution in [0, 0.1) is 0 Å². The molecule has 8 heteroatoms. The maximum atomic E-state index is 12.1. The van der Waals surface area contributed by atoms with E-state index in [0.29, 0.717) is 5.02 Å². The highest BCUT2D eigenvalue weighted by Gasteiger charge is 2.21. The van der Waals surface area contributed by atoms with Gasteiger partial charge in [-0.3, -0.25) is 0 Å². The van der Waals surface area contributed by atoms with Crippen LogP contribution in [0.1, 0.15) is 11.7 Å². The predicted molar refractivity (Wildman–Crippen MR) is 79.6 cm³/mol. The lowest BCUT2D eigenvalue weighted by molar-refractivity contribution is 0.107. The summed E-state index contributed by atoms with van der Waals surface area (Å²) >= 11 is 6.10. The van der Waals surface area contributed by atoms with E-state index in [1.54, 1.807) is 29.8 Å². The van der Waals surface area contributed by atoms with E-state index in [0.717, 1.165) is 5.56 Å². The molecule has 0 aliphatic carbocycles. The van der Waals surface area contributed by atoms with E-state index in [-0.39, 0.29) is 11.6 Å². The number of ether oxygens (including phenoxy) is 1. The van der Waals surface area contributed by atoms with Gasteiger partial charge in [-0.15, -0.1) is 0 Å². The van der Waals surface area contributed by atoms with Gasteiger partial charge in [0, 0.05) is 37.5 Å². The van der Waals surface area contributed by atoms with Gasteiger partial charge >= 0.3 is 0 Å². The number of benzene rings is 1. The number of rotatable bonds is 6. The van der Waals surface area contributed by atoms with Crippen molar-refractivity contribution >= 4 is 21.6 Å². The maximum Gasteiger partial charge on any atom is 0.259 e. The van der Waals surface area contributed by atoms with Gasteiger partial charge in [0.2, 0.25) is 0 Å². The lowest BCUT2D eigenvalue weighted by Crippen LogP contribution is -2.29. The van der Waals surface area contributed by atoms with Crippen LogP contribution in [-0.2, 0) is 21.8 Å². The maximum absolute atomic E-state index is 12.1. The summed E-state index contributed by atoms with van der Waals surface area (Å²) in [6.45, 7) is 0.0686. The lowest BCUT2D eigenvalue weighted by atomic mass is 10.1. The highest BCUT2D eigenvalue weighted by Crippen LogP contribution is 2.24.